The van der Waals surface area contributed by atoms with Gasteiger partial charge in [0.1, 0.15) is 5.52 Å². The molecule has 1 aliphatic heterocycles. The Bertz CT molecular complexity index is 1070. The molecule has 2 aromatic carbocycles. The summed E-state index contributed by atoms with van der Waals surface area (Å²) in [5.41, 5.74) is 3.28. The van der Waals surface area contributed by atoms with Crippen LogP contribution in [0.5, 0.6) is 0 Å². The summed E-state index contributed by atoms with van der Waals surface area (Å²) in [6.45, 7) is 1.50. The van der Waals surface area contributed by atoms with Gasteiger partial charge in [-0.3, -0.25) is 9.89 Å². The molecule has 0 radical (unpaired) electrons. The highest BCUT2D eigenvalue weighted by molar-refractivity contribution is 6.01. The highest BCUT2D eigenvalue weighted by Gasteiger charge is 2.27. The van der Waals surface area contributed by atoms with Crippen molar-refractivity contribution in [2.24, 2.45) is 5.92 Å². The third-order valence-corrected chi connectivity index (χ3v) is 5.15. The van der Waals surface area contributed by atoms with Gasteiger partial charge in [-0.15, -0.1) is 0 Å². The van der Waals surface area contributed by atoms with E-state index in [9.17, 15) is 4.79 Å². The Kier molecular flexibility index (Phi) is 3.78. The number of oxazole rings is 1. The Labute approximate surface area is 155 Å². The van der Waals surface area contributed by atoms with E-state index in [1.54, 1.807) is 6.20 Å². The zero-order valence-corrected chi connectivity index (χ0v) is 14.7. The molecule has 3 heterocycles. The largest absolute Gasteiger partial charge is 0.423 e. The zero-order valence-electron chi connectivity index (χ0n) is 14.7. The number of anilines is 2. The van der Waals surface area contributed by atoms with Gasteiger partial charge < -0.3 is 14.6 Å². The number of hydrogen-bond acceptors (Lipinski definition) is 5. The molecule has 1 amide bonds. The van der Waals surface area contributed by atoms with E-state index in [0.717, 1.165) is 53.6 Å². The fourth-order valence-corrected chi connectivity index (χ4v) is 3.64. The van der Waals surface area contributed by atoms with E-state index < -0.39 is 0 Å². The van der Waals surface area contributed by atoms with Crippen LogP contribution in [0, 0.1) is 5.92 Å². The highest BCUT2D eigenvalue weighted by Crippen LogP contribution is 2.28. The van der Waals surface area contributed by atoms with Gasteiger partial charge in [0.05, 0.1) is 17.4 Å². The maximum absolute atomic E-state index is 12.7. The topological polar surface area (TPSA) is 87.0 Å². The van der Waals surface area contributed by atoms with Gasteiger partial charge in [-0.1, -0.05) is 24.3 Å². The van der Waals surface area contributed by atoms with Crippen LogP contribution in [0.25, 0.3) is 22.0 Å². The molecule has 7 heteroatoms. The molecule has 7 nitrogen and oxygen atoms in total. The summed E-state index contributed by atoms with van der Waals surface area (Å²) in [6.07, 6.45) is 3.29. The Balaban J connectivity index is 1.26. The van der Waals surface area contributed by atoms with E-state index >= 15 is 0 Å². The van der Waals surface area contributed by atoms with Crippen molar-refractivity contribution in [3.05, 3.63) is 48.7 Å². The normalized spacial score (nSPS) is 15.5. The quantitative estimate of drug-likeness (QED) is 0.583. The van der Waals surface area contributed by atoms with Crippen LogP contribution in [-0.4, -0.2) is 34.2 Å². The molecule has 0 atom stereocenters. The van der Waals surface area contributed by atoms with Crippen LogP contribution in [0.3, 0.4) is 0 Å². The van der Waals surface area contributed by atoms with Gasteiger partial charge in [0.25, 0.3) is 6.01 Å². The molecule has 0 bridgehead atoms. The van der Waals surface area contributed by atoms with Crippen LogP contribution in [-0.2, 0) is 4.79 Å². The minimum Gasteiger partial charge on any atom is -0.423 e. The van der Waals surface area contributed by atoms with Crippen molar-refractivity contribution in [3.8, 4) is 0 Å². The molecule has 2 N–H and O–H groups in total. The van der Waals surface area contributed by atoms with Crippen LogP contribution in [0.4, 0.5) is 11.7 Å². The average molecular weight is 361 g/mol. The zero-order chi connectivity index (χ0) is 18.2. The van der Waals surface area contributed by atoms with Crippen molar-refractivity contribution in [2.45, 2.75) is 12.8 Å². The number of H-pyrrole nitrogens is 1. The lowest BCUT2D eigenvalue weighted by atomic mass is 9.96. The van der Waals surface area contributed by atoms with Gasteiger partial charge in [-0.05, 0) is 31.0 Å². The SMILES string of the molecule is O=C(Nc1cccc2cn[nH]c12)C1CCN(c2nc3ccccc3o2)CC1. The van der Waals surface area contributed by atoms with Crippen LogP contribution >= 0.6 is 0 Å². The molecule has 0 saturated carbocycles. The molecule has 0 unspecified atom stereocenters. The third kappa shape index (κ3) is 2.91. The molecule has 4 aromatic rings. The Morgan fingerprint density at radius 3 is 2.85 bits per heavy atom. The average Bonchev–Trinajstić information content (AvgIpc) is 3.35. The smallest absolute Gasteiger partial charge is 0.298 e. The number of amides is 1. The highest BCUT2D eigenvalue weighted by atomic mass is 16.4. The van der Waals surface area contributed by atoms with Crippen molar-refractivity contribution >= 4 is 39.6 Å². The molecule has 1 fully saturated rings. The molecular formula is C20H19N5O2. The molecule has 1 saturated heterocycles. The fraction of sp³-hybridized carbons (Fsp3) is 0.250. The van der Waals surface area contributed by atoms with E-state index in [0.29, 0.717) is 6.01 Å². The van der Waals surface area contributed by atoms with Gasteiger partial charge in [-0.2, -0.15) is 10.1 Å². The van der Waals surface area contributed by atoms with E-state index in [4.69, 9.17) is 4.42 Å². The molecule has 0 aliphatic carbocycles. The summed E-state index contributed by atoms with van der Waals surface area (Å²) in [7, 11) is 0. The summed E-state index contributed by atoms with van der Waals surface area (Å²) in [5, 5.41) is 11.0. The second-order valence-corrected chi connectivity index (χ2v) is 6.85. The number of hydrogen-bond donors (Lipinski definition) is 2. The second kappa shape index (κ2) is 6.42. The summed E-state index contributed by atoms with van der Waals surface area (Å²) in [5.74, 6) is 0.0260. The molecule has 0 spiro atoms. The number of carbonyl (C=O) groups excluding carboxylic acids is 1. The van der Waals surface area contributed by atoms with Crippen molar-refractivity contribution in [3.63, 3.8) is 0 Å². The number of benzene rings is 2. The number of aromatic amines is 1. The van der Waals surface area contributed by atoms with Gasteiger partial charge in [0, 0.05) is 24.4 Å². The maximum atomic E-state index is 12.7. The first-order valence-corrected chi connectivity index (χ1v) is 9.11. The summed E-state index contributed by atoms with van der Waals surface area (Å²) in [4.78, 5) is 19.4. The number of aromatic nitrogens is 3. The monoisotopic (exact) mass is 361 g/mol. The molecular weight excluding hydrogens is 342 g/mol. The predicted octanol–water partition coefficient (Wildman–Crippen LogP) is 3.56. The van der Waals surface area contributed by atoms with Gasteiger partial charge in [0.15, 0.2) is 5.58 Å². The van der Waals surface area contributed by atoms with Gasteiger partial charge in [0.2, 0.25) is 5.91 Å². The summed E-state index contributed by atoms with van der Waals surface area (Å²) in [6, 6.07) is 14.2. The first-order valence-electron chi connectivity index (χ1n) is 9.11. The lowest BCUT2D eigenvalue weighted by Gasteiger charge is -2.30. The lowest BCUT2D eigenvalue weighted by molar-refractivity contribution is -0.120. The molecule has 136 valence electrons. The molecule has 27 heavy (non-hydrogen) atoms. The van der Waals surface area contributed by atoms with Crippen molar-refractivity contribution in [1.82, 2.24) is 15.2 Å². The minimum absolute atomic E-state index is 0.0243. The molecule has 2 aromatic heterocycles. The first-order chi connectivity index (χ1) is 13.3. The molecule has 1 aliphatic rings. The van der Waals surface area contributed by atoms with E-state index in [-0.39, 0.29) is 11.8 Å². The van der Waals surface area contributed by atoms with Gasteiger partial charge in [-0.25, -0.2) is 0 Å². The first kappa shape index (κ1) is 15.9. The van der Waals surface area contributed by atoms with Crippen LogP contribution < -0.4 is 10.2 Å². The van der Waals surface area contributed by atoms with E-state index in [1.807, 2.05) is 42.5 Å². The standard InChI is InChI=1S/C20H19N5O2/c26-19(22-16-6-3-4-14-12-21-24-18(14)16)13-8-10-25(11-9-13)20-23-15-5-1-2-7-17(15)27-20/h1-7,12-13H,8-11H2,(H,21,24)(H,22,26). The maximum Gasteiger partial charge on any atom is 0.298 e. The summed E-state index contributed by atoms with van der Waals surface area (Å²) < 4.78 is 5.84. The third-order valence-electron chi connectivity index (χ3n) is 5.15. The van der Waals surface area contributed by atoms with E-state index in [2.05, 4.69) is 25.4 Å². The van der Waals surface area contributed by atoms with E-state index in [1.165, 1.54) is 0 Å². The van der Waals surface area contributed by atoms with Gasteiger partial charge >= 0.3 is 0 Å². The number of para-hydroxylation sites is 3. The fourth-order valence-electron chi connectivity index (χ4n) is 3.64. The van der Waals surface area contributed by atoms with Crippen LogP contribution in [0.2, 0.25) is 0 Å². The number of nitrogens with zero attached hydrogens (tertiary/aromatic N) is 3. The number of piperidine rings is 1. The number of rotatable bonds is 3. The minimum atomic E-state index is -0.0243. The second-order valence-electron chi connectivity index (χ2n) is 6.85. The number of nitrogens with one attached hydrogen (secondary N) is 2. The van der Waals surface area contributed by atoms with Crippen molar-refractivity contribution in [1.29, 1.82) is 0 Å². The number of fused-ring (bicyclic) bond motifs is 2. The van der Waals surface area contributed by atoms with Crippen molar-refractivity contribution in [2.75, 3.05) is 23.3 Å². The molecule has 5 rings (SSSR count). The predicted molar refractivity (Wildman–Crippen MR) is 104 cm³/mol. The van der Waals surface area contributed by atoms with Crippen LogP contribution in [0.1, 0.15) is 12.8 Å². The van der Waals surface area contributed by atoms with Crippen LogP contribution in [0.15, 0.2) is 53.1 Å². The lowest BCUT2D eigenvalue weighted by Crippen LogP contribution is -2.38. The summed E-state index contributed by atoms with van der Waals surface area (Å²) >= 11 is 0. The Morgan fingerprint density at radius 1 is 1.15 bits per heavy atom. The Morgan fingerprint density at radius 2 is 2.00 bits per heavy atom. The van der Waals surface area contributed by atoms with Crippen molar-refractivity contribution < 1.29 is 9.21 Å². The number of carbonyl (C=O) groups is 1. The Hall–Kier alpha value is -3.35.